The Morgan fingerprint density at radius 2 is 2.04 bits per heavy atom. The van der Waals surface area contributed by atoms with Gasteiger partial charge >= 0.3 is 0 Å². The Bertz CT molecular complexity index is 674. The highest BCUT2D eigenvalue weighted by Crippen LogP contribution is 2.34. The first kappa shape index (κ1) is 19.2. The van der Waals surface area contributed by atoms with Crippen molar-refractivity contribution in [1.29, 1.82) is 0 Å². The zero-order valence-electron chi connectivity index (χ0n) is 15.0. The standard InChI is InChI=1S/C20H26O5/c1-4-5-12-24-20(25-14(2)3)11-10-16(18(22)13-20)19(23)15-8-6-7-9-17(15)21/h6-11,14,21,23H,4-5,12-13H2,1-3H3. The second-order valence-corrected chi connectivity index (χ2v) is 6.39. The van der Waals surface area contributed by atoms with Gasteiger partial charge in [-0.15, -0.1) is 0 Å². The number of ketones is 1. The number of para-hydroxylation sites is 1. The van der Waals surface area contributed by atoms with E-state index in [1.165, 1.54) is 12.1 Å². The van der Waals surface area contributed by atoms with Crippen molar-refractivity contribution in [2.75, 3.05) is 6.61 Å². The number of allylic oxidation sites excluding steroid dienone is 2. The van der Waals surface area contributed by atoms with Crippen LogP contribution in [-0.4, -0.2) is 34.5 Å². The van der Waals surface area contributed by atoms with E-state index in [1.807, 2.05) is 13.8 Å². The summed E-state index contributed by atoms with van der Waals surface area (Å²) < 4.78 is 11.7. The third-order valence-corrected chi connectivity index (χ3v) is 3.91. The number of rotatable bonds is 7. The summed E-state index contributed by atoms with van der Waals surface area (Å²) in [6.45, 7) is 6.32. The van der Waals surface area contributed by atoms with Crippen molar-refractivity contribution in [2.24, 2.45) is 0 Å². The number of benzene rings is 1. The first-order chi connectivity index (χ1) is 11.9. The number of aromatic hydroxyl groups is 1. The van der Waals surface area contributed by atoms with Crippen molar-refractivity contribution < 1.29 is 24.5 Å². The van der Waals surface area contributed by atoms with E-state index >= 15 is 0 Å². The predicted molar refractivity (Wildman–Crippen MR) is 96.2 cm³/mol. The van der Waals surface area contributed by atoms with Gasteiger partial charge in [0, 0.05) is 0 Å². The number of ether oxygens (including phenoxy) is 2. The van der Waals surface area contributed by atoms with Gasteiger partial charge in [0.1, 0.15) is 11.5 Å². The molecule has 0 amide bonds. The summed E-state index contributed by atoms with van der Waals surface area (Å²) in [6.07, 6.45) is 4.91. The maximum Gasteiger partial charge on any atom is 0.195 e. The first-order valence-electron chi connectivity index (χ1n) is 8.64. The molecular formula is C20H26O5. The lowest BCUT2D eigenvalue weighted by Gasteiger charge is -2.34. The third-order valence-electron chi connectivity index (χ3n) is 3.91. The van der Waals surface area contributed by atoms with Crippen LogP contribution in [0.2, 0.25) is 0 Å². The number of unbranched alkanes of at least 4 members (excludes halogenated alkanes) is 1. The smallest absolute Gasteiger partial charge is 0.195 e. The van der Waals surface area contributed by atoms with Crippen LogP contribution in [0.5, 0.6) is 5.75 Å². The van der Waals surface area contributed by atoms with Crippen LogP contribution in [-0.2, 0) is 14.3 Å². The number of carbonyl (C=O) groups is 1. The Balaban J connectivity index is 2.34. The molecule has 0 radical (unpaired) electrons. The third kappa shape index (κ3) is 4.71. The quantitative estimate of drug-likeness (QED) is 0.336. The molecule has 0 saturated carbocycles. The number of Topliss-reactive ketones (excluding diaryl/α,β-unsaturated/α-hetero) is 1. The highest BCUT2D eigenvalue weighted by molar-refractivity contribution is 6.05. The highest BCUT2D eigenvalue weighted by atomic mass is 16.7. The van der Waals surface area contributed by atoms with Crippen LogP contribution in [0.1, 0.15) is 45.6 Å². The van der Waals surface area contributed by atoms with E-state index in [-0.39, 0.29) is 41.0 Å². The van der Waals surface area contributed by atoms with Crippen molar-refractivity contribution in [2.45, 2.75) is 51.9 Å². The summed E-state index contributed by atoms with van der Waals surface area (Å²) in [4.78, 5) is 12.6. The predicted octanol–water partition coefficient (Wildman–Crippen LogP) is 4.13. The normalized spacial score (nSPS) is 22.5. The average molecular weight is 346 g/mol. The van der Waals surface area contributed by atoms with Gasteiger partial charge in [-0.3, -0.25) is 4.79 Å². The van der Waals surface area contributed by atoms with E-state index in [0.717, 1.165) is 12.8 Å². The van der Waals surface area contributed by atoms with Crippen LogP contribution < -0.4 is 0 Å². The molecule has 2 N–H and O–H groups in total. The Morgan fingerprint density at radius 1 is 1.32 bits per heavy atom. The number of phenols is 1. The van der Waals surface area contributed by atoms with Gasteiger partial charge in [-0.2, -0.15) is 0 Å². The van der Waals surface area contributed by atoms with Crippen LogP contribution in [0.3, 0.4) is 0 Å². The fourth-order valence-electron chi connectivity index (χ4n) is 2.71. The largest absolute Gasteiger partial charge is 0.507 e. The van der Waals surface area contributed by atoms with Crippen LogP contribution >= 0.6 is 0 Å². The van der Waals surface area contributed by atoms with Crippen molar-refractivity contribution >= 4 is 11.5 Å². The highest BCUT2D eigenvalue weighted by Gasteiger charge is 2.38. The summed E-state index contributed by atoms with van der Waals surface area (Å²) in [5, 5.41) is 20.3. The van der Waals surface area contributed by atoms with Gasteiger partial charge in [0.2, 0.25) is 0 Å². The molecule has 0 bridgehead atoms. The minimum atomic E-state index is -1.11. The molecule has 0 fully saturated rings. The number of carbonyl (C=O) groups excluding carboxylic acids is 1. The molecule has 2 rings (SSSR count). The van der Waals surface area contributed by atoms with Crippen LogP contribution in [0.4, 0.5) is 0 Å². The van der Waals surface area contributed by atoms with E-state index in [4.69, 9.17) is 9.47 Å². The molecule has 0 spiro atoms. The van der Waals surface area contributed by atoms with E-state index in [0.29, 0.717) is 6.61 Å². The molecule has 0 aromatic heterocycles. The molecule has 25 heavy (non-hydrogen) atoms. The van der Waals surface area contributed by atoms with Gasteiger partial charge in [0.05, 0.1) is 30.3 Å². The zero-order valence-corrected chi connectivity index (χ0v) is 15.0. The molecule has 1 aliphatic rings. The molecule has 1 aliphatic carbocycles. The van der Waals surface area contributed by atoms with Gasteiger partial charge in [-0.25, -0.2) is 0 Å². The average Bonchev–Trinajstić information content (AvgIpc) is 2.54. The first-order valence-corrected chi connectivity index (χ1v) is 8.64. The summed E-state index contributed by atoms with van der Waals surface area (Å²) in [5.41, 5.74) is 0.364. The Hall–Kier alpha value is -2.11. The Morgan fingerprint density at radius 3 is 2.64 bits per heavy atom. The lowest BCUT2D eigenvalue weighted by atomic mass is 9.92. The van der Waals surface area contributed by atoms with Gasteiger partial charge in [-0.1, -0.05) is 25.5 Å². The molecule has 1 unspecified atom stereocenters. The Kier molecular flexibility index (Phi) is 6.39. The zero-order chi connectivity index (χ0) is 18.4. The minimum absolute atomic E-state index is 0.0155. The molecule has 1 aromatic rings. The van der Waals surface area contributed by atoms with Crippen LogP contribution in [0, 0.1) is 0 Å². The summed E-state index contributed by atoms with van der Waals surface area (Å²) >= 11 is 0. The van der Waals surface area contributed by atoms with Gasteiger partial charge in [0.15, 0.2) is 11.6 Å². The second-order valence-electron chi connectivity index (χ2n) is 6.39. The second kappa shape index (κ2) is 8.32. The molecule has 0 heterocycles. The number of aliphatic hydroxyl groups excluding tert-OH is 1. The lowest BCUT2D eigenvalue weighted by Crippen LogP contribution is -2.41. The summed E-state index contributed by atoms with van der Waals surface area (Å²) in [7, 11) is 0. The van der Waals surface area contributed by atoms with E-state index < -0.39 is 5.79 Å². The maximum absolute atomic E-state index is 12.6. The summed E-state index contributed by atoms with van der Waals surface area (Å²) in [6, 6.07) is 6.35. The van der Waals surface area contributed by atoms with Crippen molar-refractivity contribution in [3.05, 3.63) is 47.6 Å². The van der Waals surface area contributed by atoms with Crippen molar-refractivity contribution in [3.8, 4) is 5.75 Å². The number of hydrogen-bond donors (Lipinski definition) is 2. The van der Waals surface area contributed by atoms with Crippen molar-refractivity contribution in [3.63, 3.8) is 0 Å². The number of phenolic OH excluding ortho intramolecular Hbond substituents is 1. The van der Waals surface area contributed by atoms with Crippen LogP contribution in [0.25, 0.3) is 5.76 Å². The van der Waals surface area contributed by atoms with E-state index in [9.17, 15) is 15.0 Å². The molecule has 1 aromatic carbocycles. The molecule has 1 atom stereocenters. The molecule has 0 aliphatic heterocycles. The van der Waals surface area contributed by atoms with Gasteiger partial charge in [-0.05, 0) is 44.6 Å². The minimum Gasteiger partial charge on any atom is -0.507 e. The van der Waals surface area contributed by atoms with E-state index in [2.05, 4.69) is 6.92 Å². The molecule has 136 valence electrons. The summed E-state index contributed by atoms with van der Waals surface area (Å²) in [5.74, 6) is -1.72. The van der Waals surface area contributed by atoms with Crippen molar-refractivity contribution in [1.82, 2.24) is 0 Å². The van der Waals surface area contributed by atoms with Gasteiger partial charge < -0.3 is 19.7 Å². The topological polar surface area (TPSA) is 76.0 Å². The fourth-order valence-corrected chi connectivity index (χ4v) is 2.71. The monoisotopic (exact) mass is 346 g/mol. The number of hydrogen-bond acceptors (Lipinski definition) is 5. The number of aliphatic hydroxyl groups is 1. The Labute approximate surface area is 148 Å². The maximum atomic E-state index is 12.6. The lowest BCUT2D eigenvalue weighted by molar-refractivity contribution is -0.224. The van der Waals surface area contributed by atoms with Crippen LogP contribution in [0.15, 0.2) is 42.0 Å². The van der Waals surface area contributed by atoms with Gasteiger partial charge in [0.25, 0.3) is 0 Å². The molecule has 5 heteroatoms. The fraction of sp³-hybridized carbons (Fsp3) is 0.450. The molecular weight excluding hydrogens is 320 g/mol. The molecule has 0 saturated heterocycles. The SMILES string of the molecule is CCCCOC1(OC(C)C)C=CC(=C(O)c2ccccc2O)C(=O)C1. The molecule has 5 nitrogen and oxygen atoms in total. The van der Waals surface area contributed by atoms with E-state index in [1.54, 1.807) is 24.3 Å².